The molecule has 0 fully saturated rings. The highest BCUT2D eigenvalue weighted by atomic mass is 16.5. The van der Waals surface area contributed by atoms with Crippen molar-refractivity contribution in [1.82, 2.24) is 0 Å². The van der Waals surface area contributed by atoms with E-state index in [1.54, 1.807) is 6.08 Å². The number of hydrogen-bond donors (Lipinski definition) is 0. The van der Waals surface area contributed by atoms with Crippen LogP contribution in [0.1, 0.15) is 46.0 Å². The second-order valence-corrected chi connectivity index (χ2v) is 4.27. The highest BCUT2D eigenvalue weighted by Gasteiger charge is 2.20. The standard InChI is InChI=1S/C14H22N2O2/c1-3-5-9-17-12-7-8-14(13(11-12)16-15)18-10-6-4-2/h8,11H,3-7,9-10H2,1-2H3. The predicted molar refractivity (Wildman–Crippen MR) is 71.1 cm³/mol. The molecule has 1 aliphatic rings. The second-order valence-electron chi connectivity index (χ2n) is 4.27. The van der Waals surface area contributed by atoms with Crippen molar-refractivity contribution >= 4 is 5.71 Å². The summed E-state index contributed by atoms with van der Waals surface area (Å²) in [7, 11) is 0. The normalized spacial score (nSPS) is 14.7. The van der Waals surface area contributed by atoms with Gasteiger partial charge in [-0.15, -0.1) is 0 Å². The molecule has 0 aromatic carbocycles. The fourth-order valence-electron chi connectivity index (χ4n) is 1.57. The topological polar surface area (TPSA) is 54.9 Å². The minimum absolute atomic E-state index is 0.448. The first-order chi connectivity index (χ1) is 8.81. The zero-order chi connectivity index (χ0) is 13.2. The molecule has 0 atom stereocenters. The average Bonchev–Trinajstić information content (AvgIpc) is 2.40. The number of hydrogen-bond acceptors (Lipinski definition) is 2. The molecule has 0 heterocycles. The van der Waals surface area contributed by atoms with E-state index in [0.717, 1.165) is 31.4 Å². The first-order valence-electron chi connectivity index (χ1n) is 6.70. The van der Waals surface area contributed by atoms with Gasteiger partial charge in [-0.05, 0) is 18.9 Å². The smallest absolute Gasteiger partial charge is 0.359 e. The minimum Gasteiger partial charge on any atom is -0.497 e. The van der Waals surface area contributed by atoms with Gasteiger partial charge in [0.05, 0.1) is 19.3 Å². The second kappa shape index (κ2) is 8.54. The van der Waals surface area contributed by atoms with Gasteiger partial charge in [-0.25, -0.2) is 0 Å². The lowest BCUT2D eigenvalue weighted by atomic mass is 10.1. The van der Waals surface area contributed by atoms with E-state index in [9.17, 15) is 0 Å². The molecule has 0 aromatic rings. The van der Waals surface area contributed by atoms with Crippen molar-refractivity contribution < 1.29 is 14.3 Å². The molecule has 1 rings (SSSR count). The summed E-state index contributed by atoms with van der Waals surface area (Å²) in [6.45, 7) is 5.60. The van der Waals surface area contributed by atoms with E-state index in [1.807, 2.05) is 6.08 Å². The molecule has 4 nitrogen and oxygen atoms in total. The van der Waals surface area contributed by atoms with Gasteiger partial charge in [0.2, 0.25) is 5.76 Å². The molecule has 0 aromatic heterocycles. The van der Waals surface area contributed by atoms with Crippen molar-refractivity contribution in [3.63, 3.8) is 0 Å². The minimum atomic E-state index is 0.448. The SMILES string of the molecule is CCCCOC1=CC(=[N+]=[N-])C(OCCCC)=CC1. The number of rotatable bonds is 8. The van der Waals surface area contributed by atoms with Crippen molar-refractivity contribution in [3.8, 4) is 0 Å². The molecule has 0 amide bonds. The van der Waals surface area contributed by atoms with Crippen LogP contribution in [0.3, 0.4) is 0 Å². The predicted octanol–water partition coefficient (Wildman–Crippen LogP) is 3.46. The van der Waals surface area contributed by atoms with Crippen molar-refractivity contribution in [2.45, 2.75) is 46.0 Å². The van der Waals surface area contributed by atoms with Crippen LogP contribution in [0.4, 0.5) is 0 Å². The van der Waals surface area contributed by atoms with E-state index in [4.69, 9.17) is 15.0 Å². The summed E-state index contributed by atoms with van der Waals surface area (Å²) in [6, 6.07) is 0. The third kappa shape index (κ3) is 4.76. The Labute approximate surface area is 109 Å². The molecule has 100 valence electrons. The van der Waals surface area contributed by atoms with Crippen LogP contribution in [-0.4, -0.2) is 23.7 Å². The van der Waals surface area contributed by atoms with E-state index in [-0.39, 0.29) is 0 Å². The molecule has 0 saturated carbocycles. The van der Waals surface area contributed by atoms with Crippen LogP contribution in [0.25, 0.3) is 5.53 Å². The number of unbranched alkanes of at least 4 members (excludes halogenated alkanes) is 2. The monoisotopic (exact) mass is 250 g/mol. The maximum atomic E-state index is 8.97. The van der Waals surface area contributed by atoms with E-state index in [2.05, 4.69) is 18.6 Å². The van der Waals surface area contributed by atoms with E-state index in [1.165, 1.54) is 0 Å². The lowest BCUT2D eigenvalue weighted by Gasteiger charge is -2.13. The number of ether oxygens (including phenoxy) is 2. The van der Waals surface area contributed by atoms with Gasteiger partial charge in [0.1, 0.15) is 5.76 Å². The Kier molecular flexibility index (Phi) is 6.89. The highest BCUT2D eigenvalue weighted by molar-refractivity contribution is 6.04. The first-order valence-corrected chi connectivity index (χ1v) is 6.70. The summed E-state index contributed by atoms with van der Waals surface area (Å²) in [4.78, 5) is 3.25. The summed E-state index contributed by atoms with van der Waals surface area (Å²) in [5.41, 5.74) is 9.42. The first kappa shape index (κ1) is 14.5. The third-order valence-electron chi connectivity index (χ3n) is 2.69. The average molecular weight is 250 g/mol. The molecule has 0 radical (unpaired) electrons. The lowest BCUT2D eigenvalue weighted by molar-refractivity contribution is -0.00862. The van der Waals surface area contributed by atoms with Crippen molar-refractivity contribution in [2.24, 2.45) is 0 Å². The largest absolute Gasteiger partial charge is 0.497 e. The molecule has 4 heteroatoms. The van der Waals surface area contributed by atoms with Crippen LogP contribution in [0.15, 0.2) is 23.7 Å². The molecule has 0 spiro atoms. The molecule has 0 bridgehead atoms. The molecule has 18 heavy (non-hydrogen) atoms. The number of allylic oxidation sites excluding steroid dienone is 2. The van der Waals surface area contributed by atoms with Gasteiger partial charge in [0, 0.05) is 6.42 Å². The molecule has 1 aliphatic carbocycles. The summed E-state index contributed by atoms with van der Waals surface area (Å²) < 4.78 is 11.2. The Hall–Kier alpha value is -1.54. The molecule has 0 saturated heterocycles. The fourth-order valence-corrected chi connectivity index (χ4v) is 1.57. The Morgan fingerprint density at radius 2 is 1.83 bits per heavy atom. The number of nitrogens with zero attached hydrogens (tertiary/aromatic N) is 2. The van der Waals surface area contributed by atoms with Crippen LogP contribution < -0.4 is 0 Å². The third-order valence-corrected chi connectivity index (χ3v) is 2.69. The molecular formula is C14H22N2O2. The van der Waals surface area contributed by atoms with Crippen LogP contribution in [-0.2, 0) is 9.47 Å². The van der Waals surface area contributed by atoms with Crippen molar-refractivity contribution in [3.05, 3.63) is 29.2 Å². The van der Waals surface area contributed by atoms with E-state index in [0.29, 0.717) is 31.1 Å². The molecule has 0 unspecified atom stereocenters. The van der Waals surface area contributed by atoms with E-state index < -0.39 is 0 Å². The van der Waals surface area contributed by atoms with Crippen LogP contribution in [0.2, 0.25) is 0 Å². The van der Waals surface area contributed by atoms with Gasteiger partial charge in [-0.3, -0.25) is 0 Å². The summed E-state index contributed by atoms with van der Waals surface area (Å²) in [5.74, 6) is 1.48. The summed E-state index contributed by atoms with van der Waals surface area (Å²) >= 11 is 0. The van der Waals surface area contributed by atoms with Crippen molar-refractivity contribution in [1.29, 1.82) is 0 Å². The van der Waals surface area contributed by atoms with Crippen molar-refractivity contribution in [2.75, 3.05) is 13.2 Å². The zero-order valence-electron chi connectivity index (χ0n) is 11.3. The Bertz CT molecular complexity index is 366. The zero-order valence-corrected chi connectivity index (χ0v) is 11.3. The molecule has 0 N–H and O–H groups in total. The van der Waals surface area contributed by atoms with E-state index >= 15 is 0 Å². The maximum absolute atomic E-state index is 8.97. The quantitative estimate of drug-likeness (QED) is 0.376. The van der Waals surface area contributed by atoms with Crippen LogP contribution in [0, 0.1) is 0 Å². The fraction of sp³-hybridized carbons (Fsp3) is 0.643. The van der Waals surface area contributed by atoms with Crippen LogP contribution in [0.5, 0.6) is 0 Å². The van der Waals surface area contributed by atoms with Gasteiger partial charge in [-0.2, -0.15) is 4.79 Å². The van der Waals surface area contributed by atoms with Gasteiger partial charge < -0.3 is 15.0 Å². The lowest BCUT2D eigenvalue weighted by Crippen LogP contribution is -2.12. The maximum Gasteiger partial charge on any atom is 0.359 e. The molecular weight excluding hydrogens is 228 g/mol. The van der Waals surface area contributed by atoms with Gasteiger partial charge in [0.15, 0.2) is 0 Å². The Balaban J connectivity index is 2.49. The van der Waals surface area contributed by atoms with Crippen LogP contribution >= 0.6 is 0 Å². The Morgan fingerprint density at radius 3 is 2.44 bits per heavy atom. The van der Waals surface area contributed by atoms with Gasteiger partial charge in [0.25, 0.3) is 0 Å². The molecule has 0 aliphatic heterocycles. The summed E-state index contributed by atoms with van der Waals surface area (Å²) in [6.07, 6.45) is 8.58. The highest BCUT2D eigenvalue weighted by Crippen LogP contribution is 2.17. The Morgan fingerprint density at radius 1 is 1.17 bits per heavy atom. The summed E-state index contributed by atoms with van der Waals surface area (Å²) in [5, 5.41) is 0. The van der Waals surface area contributed by atoms with Gasteiger partial charge >= 0.3 is 5.71 Å². The van der Waals surface area contributed by atoms with Gasteiger partial charge in [-0.1, -0.05) is 26.7 Å².